The molecule has 6 aromatic rings. The number of rotatable bonds is 10. The minimum atomic E-state index is -0.0612. The van der Waals surface area contributed by atoms with Gasteiger partial charge in [-0.15, -0.1) is 22.0 Å². The molecule has 3 aromatic carbocycles. The Morgan fingerprint density at radius 1 is 0.933 bits per heavy atom. The van der Waals surface area contributed by atoms with Crippen molar-refractivity contribution >= 4 is 34.3 Å². The fourth-order valence-electron chi connectivity index (χ4n) is 6.66. The van der Waals surface area contributed by atoms with Crippen LogP contribution in [0.1, 0.15) is 54.7 Å². The SMILES string of the molecule is CC1Cc2c(CCc3ccc(-c4ccccc4)cn3)ccc3c2c(c(CC(C)(C)Cc2nn[nH]n2)n3Cc2ccc(Cl)cc2)S1. The maximum absolute atomic E-state index is 6.26. The Morgan fingerprint density at radius 2 is 1.76 bits per heavy atom. The fraction of sp³-hybridized carbons (Fsp3) is 0.297. The molecule has 1 aliphatic heterocycles. The van der Waals surface area contributed by atoms with Gasteiger partial charge in [0.15, 0.2) is 5.82 Å². The van der Waals surface area contributed by atoms with Crippen LogP contribution in [0.4, 0.5) is 0 Å². The maximum Gasteiger partial charge on any atom is 0.175 e. The molecule has 0 fully saturated rings. The van der Waals surface area contributed by atoms with E-state index in [-0.39, 0.29) is 5.41 Å². The molecule has 7 rings (SSSR count). The second kappa shape index (κ2) is 12.5. The highest BCUT2D eigenvalue weighted by atomic mass is 35.5. The van der Waals surface area contributed by atoms with Crippen LogP contribution in [0.2, 0.25) is 5.02 Å². The summed E-state index contributed by atoms with van der Waals surface area (Å²) in [7, 11) is 0. The van der Waals surface area contributed by atoms with E-state index in [0.29, 0.717) is 5.25 Å². The number of pyridine rings is 1. The van der Waals surface area contributed by atoms with Gasteiger partial charge in [0, 0.05) is 62.2 Å². The lowest BCUT2D eigenvalue weighted by Crippen LogP contribution is -2.22. The Labute approximate surface area is 273 Å². The van der Waals surface area contributed by atoms with E-state index in [2.05, 4.69) is 107 Å². The monoisotopic (exact) mass is 632 g/mol. The molecule has 0 radical (unpaired) electrons. The second-order valence-corrected chi connectivity index (χ2v) is 14.9. The molecule has 1 atom stereocenters. The first kappa shape index (κ1) is 29.8. The van der Waals surface area contributed by atoms with E-state index in [4.69, 9.17) is 16.6 Å². The molecule has 0 aliphatic carbocycles. The third-order valence-corrected chi connectivity index (χ3v) is 10.3. The summed E-state index contributed by atoms with van der Waals surface area (Å²) in [6, 6.07) is 27.8. The summed E-state index contributed by atoms with van der Waals surface area (Å²) >= 11 is 8.29. The van der Waals surface area contributed by atoms with Crippen LogP contribution < -0.4 is 0 Å². The van der Waals surface area contributed by atoms with E-state index >= 15 is 0 Å². The zero-order valence-corrected chi connectivity index (χ0v) is 27.5. The molecule has 0 saturated heterocycles. The molecule has 0 saturated carbocycles. The van der Waals surface area contributed by atoms with E-state index in [1.54, 1.807) is 0 Å². The number of nitrogens with zero attached hydrogens (tertiary/aromatic N) is 5. The van der Waals surface area contributed by atoms with E-state index in [9.17, 15) is 0 Å². The molecule has 45 heavy (non-hydrogen) atoms. The first-order chi connectivity index (χ1) is 21.8. The molecular formula is C37H37ClN6S. The Balaban J connectivity index is 1.24. The standard InChI is InChI=1S/C37H37ClN6S/c1-24-19-31-27(11-16-30-17-12-28(22-39-30)26-7-5-4-6-8-26)13-18-32-35(31)36(45-24)33(20-37(2,3)21-34-40-42-43-41-34)44(32)23-25-9-14-29(38)15-10-25/h4-10,12-15,17-18,22,24H,11,16,19-21,23H2,1-3H3,(H,40,41,42,43). The van der Waals surface area contributed by atoms with Gasteiger partial charge in [-0.05, 0) is 77.6 Å². The largest absolute Gasteiger partial charge is 0.339 e. The normalized spacial score (nSPS) is 14.7. The lowest BCUT2D eigenvalue weighted by Gasteiger charge is -2.26. The number of hydrogen-bond acceptors (Lipinski definition) is 5. The molecule has 3 aromatic heterocycles. The number of aryl methyl sites for hydroxylation is 2. The van der Waals surface area contributed by atoms with Gasteiger partial charge in [-0.2, -0.15) is 5.21 Å². The molecule has 4 heterocycles. The van der Waals surface area contributed by atoms with E-state index < -0.39 is 0 Å². The Hall–Kier alpha value is -3.94. The number of aromatic amines is 1. The van der Waals surface area contributed by atoms with Crippen LogP contribution in [-0.2, 0) is 38.6 Å². The third kappa shape index (κ3) is 6.42. The molecule has 8 heteroatoms. The van der Waals surface area contributed by atoms with Gasteiger partial charge < -0.3 is 4.57 Å². The zero-order valence-electron chi connectivity index (χ0n) is 25.9. The number of H-pyrrole nitrogens is 1. The number of aromatic nitrogens is 6. The lowest BCUT2D eigenvalue weighted by atomic mass is 9.84. The summed E-state index contributed by atoms with van der Waals surface area (Å²) in [6.07, 6.45) is 6.63. The minimum absolute atomic E-state index is 0.0612. The molecule has 0 bridgehead atoms. The van der Waals surface area contributed by atoms with Crippen molar-refractivity contribution in [3.63, 3.8) is 0 Å². The molecule has 0 amide bonds. The summed E-state index contributed by atoms with van der Waals surface area (Å²) in [5.74, 6) is 0.753. The summed E-state index contributed by atoms with van der Waals surface area (Å²) in [5, 5.41) is 17.6. The third-order valence-electron chi connectivity index (χ3n) is 8.81. The average molecular weight is 633 g/mol. The van der Waals surface area contributed by atoms with Gasteiger partial charge in [-0.3, -0.25) is 4.98 Å². The highest BCUT2D eigenvalue weighted by Crippen LogP contribution is 2.47. The Morgan fingerprint density at radius 3 is 2.49 bits per heavy atom. The van der Waals surface area contributed by atoms with Crippen molar-refractivity contribution in [1.82, 2.24) is 30.2 Å². The van der Waals surface area contributed by atoms with Crippen molar-refractivity contribution in [2.45, 2.75) is 69.6 Å². The summed E-state index contributed by atoms with van der Waals surface area (Å²) in [5.41, 5.74) is 10.3. The van der Waals surface area contributed by atoms with Gasteiger partial charge in [0.05, 0.1) is 0 Å². The van der Waals surface area contributed by atoms with Crippen LogP contribution in [0.25, 0.3) is 22.0 Å². The van der Waals surface area contributed by atoms with Gasteiger partial charge in [0.2, 0.25) is 0 Å². The van der Waals surface area contributed by atoms with Gasteiger partial charge >= 0.3 is 0 Å². The minimum Gasteiger partial charge on any atom is -0.339 e. The predicted octanol–water partition coefficient (Wildman–Crippen LogP) is 8.55. The quantitative estimate of drug-likeness (QED) is 0.164. The van der Waals surface area contributed by atoms with Gasteiger partial charge in [-0.1, -0.05) is 92.2 Å². The van der Waals surface area contributed by atoms with Crippen LogP contribution >= 0.6 is 23.4 Å². The molecule has 1 unspecified atom stereocenters. The summed E-state index contributed by atoms with van der Waals surface area (Å²) in [6.45, 7) is 7.77. The fourth-order valence-corrected chi connectivity index (χ4v) is 8.10. The number of tetrazole rings is 1. The van der Waals surface area contributed by atoms with E-state index in [0.717, 1.165) is 60.8 Å². The molecule has 1 N–H and O–H groups in total. The smallest absolute Gasteiger partial charge is 0.175 e. The molecular weight excluding hydrogens is 596 g/mol. The van der Waals surface area contributed by atoms with Crippen molar-refractivity contribution in [1.29, 1.82) is 0 Å². The number of nitrogens with one attached hydrogen (secondary N) is 1. The zero-order chi connectivity index (χ0) is 31.0. The van der Waals surface area contributed by atoms with Crippen molar-refractivity contribution in [3.05, 3.63) is 124 Å². The van der Waals surface area contributed by atoms with Crippen molar-refractivity contribution < 1.29 is 0 Å². The lowest BCUT2D eigenvalue weighted by molar-refractivity contribution is 0.342. The Kier molecular flexibility index (Phi) is 8.23. The van der Waals surface area contributed by atoms with Gasteiger partial charge in [0.1, 0.15) is 0 Å². The summed E-state index contributed by atoms with van der Waals surface area (Å²) in [4.78, 5) is 6.27. The first-order valence-electron chi connectivity index (χ1n) is 15.6. The number of benzene rings is 3. The van der Waals surface area contributed by atoms with Crippen LogP contribution in [0.15, 0.2) is 90.0 Å². The summed E-state index contributed by atoms with van der Waals surface area (Å²) < 4.78 is 2.55. The number of hydrogen-bond donors (Lipinski definition) is 1. The van der Waals surface area contributed by atoms with E-state index in [1.165, 1.54) is 43.7 Å². The van der Waals surface area contributed by atoms with Gasteiger partial charge in [-0.25, -0.2) is 0 Å². The second-order valence-electron chi connectivity index (χ2n) is 13.0. The maximum atomic E-state index is 6.26. The molecule has 6 nitrogen and oxygen atoms in total. The van der Waals surface area contributed by atoms with Crippen molar-refractivity contribution in [2.75, 3.05) is 0 Å². The first-order valence-corrected chi connectivity index (χ1v) is 16.9. The van der Waals surface area contributed by atoms with Crippen LogP contribution in [0, 0.1) is 5.41 Å². The highest BCUT2D eigenvalue weighted by Gasteiger charge is 2.32. The number of thioether (sulfide) groups is 1. The van der Waals surface area contributed by atoms with Crippen LogP contribution in [0.3, 0.4) is 0 Å². The molecule has 0 spiro atoms. The van der Waals surface area contributed by atoms with Crippen LogP contribution in [0.5, 0.6) is 0 Å². The Bertz CT molecular complexity index is 1910. The van der Waals surface area contributed by atoms with Crippen molar-refractivity contribution in [2.24, 2.45) is 5.41 Å². The van der Waals surface area contributed by atoms with Gasteiger partial charge in [0.25, 0.3) is 0 Å². The highest BCUT2D eigenvalue weighted by molar-refractivity contribution is 8.00. The average Bonchev–Trinajstić information content (AvgIpc) is 3.64. The molecule has 228 valence electrons. The van der Waals surface area contributed by atoms with Crippen LogP contribution in [-0.4, -0.2) is 35.4 Å². The topological polar surface area (TPSA) is 72.3 Å². The van der Waals surface area contributed by atoms with Crippen molar-refractivity contribution in [3.8, 4) is 11.1 Å². The van der Waals surface area contributed by atoms with E-state index in [1.807, 2.05) is 36.2 Å². The molecule has 1 aliphatic rings. The predicted molar refractivity (Wildman–Crippen MR) is 184 cm³/mol. The number of halogens is 1.